The fourth-order valence-electron chi connectivity index (χ4n) is 2.17. The second-order valence-corrected chi connectivity index (χ2v) is 5.23. The first-order chi connectivity index (χ1) is 10.6. The number of amides is 1. The van der Waals surface area contributed by atoms with Crippen molar-refractivity contribution in [2.75, 3.05) is 25.0 Å². The SMILES string of the molecule is CN(CCNC(=O)CCc1ccc(F)cc1)c1ccccc1. The summed E-state index contributed by atoms with van der Waals surface area (Å²) in [5, 5.41) is 2.91. The van der Waals surface area contributed by atoms with Gasteiger partial charge in [-0.2, -0.15) is 0 Å². The van der Waals surface area contributed by atoms with Crippen LogP contribution in [0.2, 0.25) is 0 Å². The maximum atomic E-state index is 12.8. The molecule has 1 N–H and O–H groups in total. The van der Waals surface area contributed by atoms with Gasteiger partial charge in [-0.3, -0.25) is 4.79 Å². The van der Waals surface area contributed by atoms with Gasteiger partial charge in [-0.25, -0.2) is 4.39 Å². The Kier molecular flexibility index (Phi) is 5.95. The number of aryl methyl sites for hydroxylation is 1. The normalized spacial score (nSPS) is 10.3. The van der Waals surface area contributed by atoms with Gasteiger partial charge in [0, 0.05) is 32.2 Å². The number of carbonyl (C=O) groups is 1. The number of likely N-dealkylation sites (N-methyl/N-ethyl adjacent to an activating group) is 1. The lowest BCUT2D eigenvalue weighted by Crippen LogP contribution is -2.33. The minimum atomic E-state index is -0.253. The Morgan fingerprint density at radius 1 is 1.09 bits per heavy atom. The topological polar surface area (TPSA) is 32.3 Å². The molecule has 0 atom stereocenters. The molecule has 116 valence electrons. The molecule has 0 unspecified atom stereocenters. The first kappa shape index (κ1) is 16.0. The van der Waals surface area contributed by atoms with Gasteiger partial charge >= 0.3 is 0 Å². The summed E-state index contributed by atoms with van der Waals surface area (Å²) in [4.78, 5) is 13.9. The summed E-state index contributed by atoms with van der Waals surface area (Å²) < 4.78 is 12.8. The fraction of sp³-hybridized carbons (Fsp3) is 0.278. The third-order valence-electron chi connectivity index (χ3n) is 3.52. The Balaban J connectivity index is 1.66. The van der Waals surface area contributed by atoms with E-state index in [1.807, 2.05) is 37.4 Å². The van der Waals surface area contributed by atoms with E-state index in [2.05, 4.69) is 10.2 Å². The summed E-state index contributed by atoms with van der Waals surface area (Å²) in [6.07, 6.45) is 1.04. The van der Waals surface area contributed by atoms with Gasteiger partial charge in [0.15, 0.2) is 0 Å². The summed E-state index contributed by atoms with van der Waals surface area (Å²) in [5.74, 6) is -0.233. The number of carbonyl (C=O) groups excluding carboxylic acids is 1. The molecule has 4 heteroatoms. The molecule has 0 aliphatic rings. The van der Waals surface area contributed by atoms with Crippen molar-refractivity contribution < 1.29 is 9.18 Å². The Labute approximate surface area is 130 Å². The monoisotopic (exact) mass is 300 g/mol. The van der Waals surface area contributed by atoms with Crippen molar-refractivity contribution in [2.45, 2.75) is 12.8 Å². The summed E-state index contributed by atoms with van der Waals surface area (Å²) in [6, 6.07) is 16.3. The van der Waals surface area contributed by atoms with Crippen LogP contribution in [0.25, 0.3) is 0 Å². The number of anilines is 1. The second kappa shape index (κ2) is 8.17. The number of hydrogen-bond donors (Lipinski definition) is 1. The Morgan fingerprint density at radius 2 is 1.77 bits per heavy atom. The third-order valence-corrected chi connectivity index (χ3v) is 3.52. The fourth-order valence-corrected chi connectivity index (χ4v) is 2.17. The van der Waals surface area contributed by atoms with Crippen molar-refractivity contribution in [3.8, 4) is 0 Å². The zero-order valence-electron chi connectivity index (χ0n) is 12.8. The highest BCUT2D eigenvalue weighted by molar-refractivity contribution is 5.76. The lowest BCUT2D eigenvalue weighted by atomic mass is 10.1. The maximum Gasteiger partial charge on any atom is 0.220 e. The predicted molar refractivity (Wildman–Crippen MR) is 87.4 cm³/mol. The molecule has 3 nitrogen and oxygen atoms in total. The maximum absolute atomic E-state index is 12.8. The van der Waals surface area contributed by atoms with Crippen LogP contribution in [0.4, 0.5) is 10.1 Å². The number of rotatable bonds is 7. The Morgan fingerprint density at radius 3 is 2.45 bits per heavy atom. The molecular formula is C18H21FN2O. The van der Waals surface area contributed by atoms with Crippen molar-refractivity contribution in [1.29, 1.82) is 0 Å². The lowest BCUT2D eigenvalue weighted by molar-refractivity contribution is -0.120. The van der Waals surface area contributed by atoms with Gasteiger partial charge in [-0.1, -0.05) is 30.3 Å². The van der Waals surface area contributed by atoms with E-state index in [9.17, 15) is 9.18 Å². The van der Waals surface area contributed by atoms with Crippen molar-refractivity contribution in [3.63, 3.8) is 0 Å². The summed E-state index contributed by atoms with van der Waals surface area (Å²) >= 11 is 0. The van der Waals surface area contributed by atoms with Gasteiger partial charge in [0.05, 0.1) is 0 Å². The molecule has 0 heterocycles. The minimum Gasteiger partial charge on any atom is -0.373 e. The predicted octanol–water partition coefficient (Wildman–Crippen LogP) is 3.01. The smallest absolute Gasteiger partial charge is 0.220 e. The lowest BCUT2D eigenvalue weighted by Gasteiger charge is -2.19. The van der Waals surface area contributed by atoms with Crippen LogP contribution in [0, 0.1) is 5.82 Å². The molecule has 0 aliphatic carbocycles. The highest BCUT2D eigenvalue weighted by atomic mass is 19.1. The Bertz CT molecular complexity index is 584. The van der Waals surface area contributed by atoms with Gasteiger partial charge < -0.3 is 10.2 Å². The van der Waals surface area contributed by atoms with Crippen molar-refractivity contribution in [3.05, 3.63) is 66.0 Å². The first-order valence-electron chi connectivity index (χ1n) is 7.42. The zero-order valence-corrected chi connectivity index (χ0v) is 12.8. The van der Waals surface area contributed by atoms with E-state index in [1.165, 1.54) is 12.1 Å². The van der Waals surface area contributed by atoms with Gasteiger partial charge in [0.25, 0.3) is 0 Å². The van der Waals surface area contributed by atoms with Crippen LogP contribution >= 0.6 is 0 Å². The zero-order chi connectivity index (χ0) is 15.8. The molecular weight excluding hydrogens is 279 g/mol. The molecule has 0 saturated heterocycles. The highest BCUT2D eigenvalue weighted by Crippen LogP contribution is 2.09. The number of nitrogens with zero attached hydrogens (tertiary/aromatic N) is 1. The molecule has 2 aromatic rings. The second-order valence-electron chi connectivity index (χ2n) is 5.23. The van der Waals surface area contributed by atoms with E-state index in [0.29, 0.717) is 19.4 Å². The van der Waals surface area contributed by atoms with Crippen LogP contribution in [0.1, 0.15) is 12.0 Å². The van der Waals surface area contributed by atoms with Crippen LogP contribution in [0.15, 0.2) is 54.6 Å². The van der Waals surface area contributed by atoms with Gasteiger partial charge in [-0.05, 0) is 36.2 Å². The number of para-hydroxylation sites is 1. The van der Waals surface area contributed by atoms with Crippen molar-refractivity contribution in [1.82, 2.24) is 5.32 Å². The summed E-state index contributed by atoms with van der Waals surface area (Å²) in [6.45, 7) is 1.36. The van der Waals surface area contributed by atoms with Crippen LogP contribution in [-0.4, -0.2) is 26.0 Å². The molecule has 2 rings (SSSR count). The quantitative estimate of drug-likeness (QED) is 0.852. The van der Waals surface area contributed by atoms with E-state index in [4.69, 9.17) is 0 Å². The number of halogens is 1. The molecule has 0 aromatic heterocycles. The van der Waals surface area contributed by atoms with E-state index in [0.717, 1.165) is 17.8 Å². The molecule has 0 saturated carbocycles. The number of benzene rings is 2. The van der Waals surface area contributed by atoms with E-state index in [1.54, 1.807) is 12.1 Å². The average molecular weight is 300 g/mol. The first-order valence-corrected chi connectivity index (χ1v) is 7.42. The Hall–Kier alpha value is -2.36. The molecule has 0 aliphatic heterocycles. The highest BCUT2D eigenvalue weighted by Gasteiger charge is 2.04. The largest absolute Gasteiger partial charge is 0.373 e. The van der Waals surface area contributed by atoms with E-state index < -0.39 is 0 Å². The molecule has 0 bridgehead atoms. The van der Waals surface area contributed by atoms with Gasteiger partial charge in [0.1, 0.15) is 5.82 Å². The number of hydrogen-bond acceptors (Lipinski definition) is 2. The molecule has 0 radical (unpaired) electrons. The van der Waals surface area contributed by atoms with Gasteiger partial charge in [-0.15, -0.1) is 0 Å². The third kappa shape index (κ3) is 5.20. The average Bonchev–Trinajstić information content (AvgIpc) is 2.55. The van der Waals surface area contributed by atoms with E-state index >= 15 is 0 Å². The van der Waals surface area contributed by atoms with Crippen molar-refractivity contribution in [2.24, 2.45) is 0 Å². The molecule has 2 aromatic carbocycles. The number of nitrogens with one attached hydrogen (secondary N) is 1. The van der Waals surface area contributed by atoms with E-state index in [-0.39, 0.29) is 11.7 Å². The molecule has 1 amide bonds. The summed E-state index contributed by atoms with van der Waals surface area (Å²) in [7, 11) is 2.00. The van der Waals surface area contributed by atoms with Crippen LogP contribution < -0.4 is 10.2 Å². The van der Waals surface area contributed by atoms with Crippen LogP contribution in [0.5, 0.6) is 0 Å². The molecule has 0 fully saturated rings. The minimum absolute atomic E-state index is 0.0192. The van der Waals surface area contributed by atoms with Crippen LogP contribution in [0.3, 0.4) is 0 Å². The summed E-state index contributed by atoms with van der Waals surface area (Å²) in [5.41, 5.74) is 2.10. The molecule has 22 heavy (non-hydrogen) atoms. The van der Waals surface area contributed by atoms with Gasteiger partial charge in [0.2, 0.25) is 5.91 Å². The van der Waals surface area contributed by atoms with Crippen LogP contribution in [-0.2, 0) is 11.2 Å². The standard InChI is InChI=1S/C18H21FN2O/c1-21(17-5-3-2-4-6-17)14-13-20-18(22)12-9-15-7-10-16(19)11-8-15/h2-8,10-11H,9,12-14H2,1H3,(H,20,22). The molecule has 0 spiro atoms. The van der Waals surface area contributed by atoms with Crippen molar-refractivity contribution >= 4 is 11.6 Å².